The number of unbranched alkanes of at least 4 members (excludes halogenated alkanes) is 15. The van der Waals surface area contributed by atoms with Crippen molar-refractivity contribution in [1.29, 1.82) is 0 Å². The second-order valence-electron chi connectivity index (χ2n) is 11.0. The molecule has 0 aromatic carbocycles. The molecule has 0 heterocycles. The van der Waals surface area contributed by atoms with E-state index in [2.05, 4.69) is 20.8 Å². The van der Waals surface area contributed by atoms with Crippen LogP contribution < -0.4 is 0 Å². The summed E-state index contributed by atoms with van der Waals surface area (Å²) < 4.78 is 11.0. The van der Waals surface area contributed by atoms with E-state index in [1.807, 2.05) is 0 Å². The van der Waals surface area contributed by atoms with Crippen molar-refractivity contribution in [1.82, 2.24) is 0 Å². The summed E-state index contributed by atoms with van der Waals surface area (Å²) in [5, 5.41) is 0. The third-order valence-corrected chi connectivity index (χ3v) is 7.45. The number of hydrogen-bond acceptors (Lipinski definition) is 4. The van der Waals surface area contributed by atoms with E-state index in [1.54, 1.807) is 0 Å². The van der Waals surface area contributed by atoms with Crippen molar-refractivity contribution in [3.05, 3.63) is 0 Å². The lowest BCUT2D eigenvalue weighted by Crippen LogP contribution is -2.16. The summed E-state index contributed by atoms with van der Waals surface area (Å²) in [5.41, 5.74) is 0. The third-order valence-electron chi connectivity index (χ3n) is 7.45. The Labute approximate surface area is 225 Å². The van der Waals surface area contributed by atoms with Crippen LogP contribution in [-0.2, 0) is 19.1 Å². The zero-order chi connectivity index (χ0) is 26.5. The van der Waals surface area contributed by atoms with Gasteiger partial charge in [0.1, 0.15) is 6.10 Å². The summed E-state index contributed by atoms with van der Waals surface area (Å²) in [6.07, 6.45) is 28.4. The smallest absolute Gasteiger partial charge is 0.305 e. The van der Waals surface area contributed by atoms with E-state index in [4.69, 9.17) is 9.47 Å². The first-order valence-electron chi connectivity index (χ1n) is 15.9. The van der Waals surface area contributed by atoms with Crippen LogP contribution in [-0.4, -0.2) is 25.2 Å². The molecule has 0 aliphatic carbocycles. The van der Waals surface area contributed by atoms with Gasteiger partial charge in [-0.3, -0.25) is 9.59 Å². The van der Waals surface area contributed by atoms with E-state index in [9.17, 15) is 9.59 Å². The quantitative estimate of drug-likeness (QED) is 0.0570. The predicted molar refractivity (Wildman–Crippen MR) is 153 cm³/mol. The second kappa shape index (κ2) is 28.5. The number of esters is 1. The van der Waals surface area contributed by atoms with E-state index >= 15 is 0 Å². The monoisotopic (exact) mass is 510 g/mol. The van der Waals surface area contributed by atoms with Crippen molar-refractivity contribution in [2.45, 2.75) is 181 Å². The van der Waals surface area contributed by atoms with Gasteiger partial charge in [0.25, 0.3) is 6.47 Å². The molecule has 0 saturated heterocycles. The van der Waals surface area contributed by atoms with Gasteiger partial charge in [-0.05, 0) is 44.4 Å². The third kappa shape index (κ3) is 24.6. The summed E-state index contributed by atoms with van der Waals surface area (Å²) in [7, 11) is 0. The predicted octanol–water partition coefficient (Wildman–Crippen LogP) is 10.1. The van der Waals surface area contributed by atoms with Crippen LogP contribution in [0.1, 0.15) is 175 Å². The van der Waals surface area contributed by atoms with Crippen LogP contribution in [0.15, 0.2) is 0 Å². The first-order chi connectivity index (χ1) is 17.7. The van der Waals surface area contributed by atoms with Gasteiger partial charge < -0.3 is 9.47 Å². The van der Waals surface area contributed by atoms with Gasteiger partial charge in [-0.25, -0.2) is 0 Å². The Hall–Kier alpha value is -1.06. The van der Waals surface area contributed by atoms with Crippen molar-refractivity contribution in [2.24, 2.45) is 5.92 Å². The molecule has 0 bridgehead atoms. The topological polar surface area (TPSA) is 52.6 Å². The van der Waals surface area contributed by atoms with E-state index < -0.39 is 0 Å². The molecule has 0 saturated carbocycles. The molecule has 0 aliphatic rings. The van der Waals surface area contributed by atoms with Crippen LogP contribution in [0.5, 0.6) is 0 Å². The molecule has 1 atom stereocenters. The van der Waals surface area contributed by atoms with Crippen LogP contribution in [0.2, 0.25) is 0 Å². The highest BCUT2D eigenvalue weighted by Crippen LogP contribution is 2.21. The Bertz CT molecular complexity index is 447. The molecular weight excluding hydrogens is 448 g/mol. The lowest BCUT2D eigenvalue weighted by atomic mass is 9.94. The molecule has 0 rings (SSSR count). The molecule has 0 aromatic heterocycles. The molecule has 0 radical (unpaired) electrons. The highest BCUT2D eigenvalue weighted by molar-refractivity contribution is 5.69. The average molecular weight is 511 g/mol. The van der Waals surface area contributed by atoms with E-state index in [0.717, 1.165) is 25.7 Å². The number of carbonyl (C=O) groups excluding carboxylic acids is 2. The Balaban J connectivity index is 4.24. The zero-order valence-corrected chi connectivity index (χ0v) is 24.5. The van der Waals surface area contributed by atoms with Gasteiger partial charge in [0.15, 0.2) is 0 Å². The van der Waals surface area contributed by atoms with Gasteiger partial charge in [-0.15, -0.1) is 0 Å². The van der Waals surface area contributed by atoms with Crippen LogP contribution in [0, 0.1) is 5.92 Å². The molecule has 0 aromatic rings. The molecule has 214 valence electrons. The number of carbonyl (C=O) groups is 2. The molecule has 0 amide bonds. The summed E-state index contributed by atoms with van der Waals surface area (Å²) in [6, 6.07) is 0. The van der Waals surface area contributed by atoms with E-state index in [-0.39, 0.29) is 12.1 Å². The van der Waals surface area contributed by atoms with Crippen LogP contribution in [0.25, 0.3) is 0 Å². The highest BCUT2D eigenvalue weighted by atomic mass is 16.5. The first kappa shape index (κ1) is 34.9. The van der Waals surface area contributed by atoms with Gasteiger partial charge >= 0.3 is 5.97 Å². The van der Waals surface area contributed by atoms with E-state index in [1.165, 1.54) is 122 Å². The van der Waals surface area contributed by atoms with E-state index in [0.29, 0.717) is 25.4 Å². The summed E-state index contributed by atoms with van der Waals surface area (Å²) in [6.45, 7) is 7.86. The fraction of sp³-hybridized carbons (Fsp3) is 0.938. The minimum absolute atomic E-state index is 0.0606. The Morgan fingerprint density at radius 1 is 0.583 bits per heavy atom. The first-order valence-corrected chi connectivity index (χ1v) is 15.9. The highest BCUT2D eigenvalue weighted by Gasteiger charge is 2.14. The maximum Gasteiger partial charge on any atom is 0.305 e. The Kier molecular flexibility index (Phi) is 27.7. The van der Waals surface area contributed by atoms with Crippen molar-refractivity contribution in [2.75, 3.05) is 6.61 Å². The van der Waals surface area contributed by atoms with Gasteiger partial charge in [0.05, 0.1) is 6.61 Å². The average Bonchev–Trinajstić information content (AvgIpc) is 2.88. The molecule has 0 fully saturated rings. The number of hydrogen-bond donors (Lipinski definition) is 0. The summed E-state index contributed by atoms with van der Waals surface area (Å²) >= 11 is 0. The molecule has 4 nitrogen and oxygen atoms in total. The molecular formula is C32H62O4. The maximum atomic E-state index is 12.4. The van der Waals surface area contributed by atoms with Crippen LogP contribution >= 0.6 is 0 Å². The SMILES string of the molecule is CCCCCCCCCC(CCCCCCCCC)COC(=O)CCCC(CCCCCC)OC=O. The zero-order valence-electron chi connectivity index (χ0n) is 24.5. The molecule has 0 aliphatic heterocycles. The number of ether oxygens (including phenoxy) is 2. The summed E-state index contributed by atoms with van der Waals surface area (Å²) in [5.74, 6) is 0.417. The normalized spacial score (nSPS) is 12.1. The minimum atomic E-state index is -0.0880. The van der Waals surface area contributed by atoms with Crippen molar-refractivity contribution < 1.29 is 19.1 Å². The van der Waals surface area contributed by atoms with Crippen molar-refractivity contribution >= 4 is 12.4 Å². The Morgan fingerprint density at radius 3 is 1.50 bits per heavy atom. The molecule has 1 unspecified atom stereocenters. The maximum absolute atomic E-state index is 12.4. The fourth-order valence-electron chi connectivity index (χ4n) is 5.01. The fourth-order valence-corrected chi connectivity index (χ4v) is 5.01. The van der Waals surface area contributed by atoms with Gasteiger partial charge in [-0.2, -0.15) is 0 Å². The van der Waals surface area contributed by atoms with Crippen LogP contribution in [0.4, 0.5) is 0 Å². The Morgan fingerprint density at radius 2 is 1.00 bits per heavy atom. The summed E-state index contributed by atoms with van der Waals surface area (Å²) in [4.78, 5) is 23.2. The van der Waals surface area contributed by atoms with Gasteiger partial charge in [0.2, 0.25) is 0 Å². The van der Waals surface area contributed by atoms with Gasteiger partial charge in [-0.1, -0.05) is 130 Å². The van der Waals surface area contributed by atoms with Crippen molar-refractivity contribution in [3.63, 3.8) is 0 Å². The number of rotatable bonds is 29. The molecule has 36 heavy (non-hydrogen) atoms. The van der Waals surface area contributed by atoms with Gasteiger partial charge in [0, 0.05) is 6.42 Å². The van der Waals surface area contributed by atoms with Crippen LogP contribution in [0.3, 0.4) is 0 Å². The molecule has 0 N–H and O–H groups in total. The second-order valence-corrected chi connectivity index (χ2v) is 11.0. The molecule has 4 heteroatoms. The lowest BCUT2D eigenvalue weighted by molar-refractivity contribution is -0.145. The lowest BCUT2D eigenvalue weighted by Gasteiger charge is -2.18. The van der Waals surface area contributed by atoms with Crippen molar-refractivity contribution in [3.8, 4) is 0 Å². The standard InChI is InChI=1S/C32H62O4/c1-4-7-10-13-15-17-19-23-30(24-20-18-16-14-11-8-5-2)28-35-32(34)27-22-26-31(36-29-33)25-21-12-9-6-3/h29-31H,4-28H2,1-3H3. The molecule has 0 spiro atoms. The largest absolute Gasteiger partial charge is 0.465 e. The minimum Gasteiger partial charge on any atom is -0.465 e.